The van der Waals surface area contributed by atoms with E-state index in [1.165, 1.54) is 0 Å². The van der Waals surface area contributed by atoms with Crippen molar-refractivity contribution in [2.24, 2.45) is 5.16 Å². The predicted molar refractivity (Wildman–Crippen MR) is 83.4 cm³/mol. The molecule has 110 valence electrons. The molecule has 0 aromatic heterocycles. The first-order chi connectivity index (χ1) is 9.43. The van der Waals surface area contributed by atoms with Gasteiger partial charge < -0.3 is 9.57 Å². The number of ether oxygens (including phenoxy) is 1. The summed E-state index contributed by atoms with van der Waals surface area (Å²) in [6.45, 7) is 8.23. The third-order valence-corrected chi connectivity index (χ3v) is 3.41. The molecule has 0 fully saturated rings. The Labute approximate surface area is 121 Å². The van der Waals surface area contributed by atoms with Gasteiger partial charge in [-0.05, 0) is 52.2 Å². The lowest BCUT2D eigenvalue weighted by Crippen LogP contribution is -2.46. The van der Waals surface area contributed by atoms with Crippen LogP contribution < -0.4 is 4.74 Å². The van der Waals surface area contributed by atoms with Crippen LogP contribution in [-0.2, 0) is 4.84 Å². The quantitative estimate of drug-likeness (QED) is 0.332. The van der Waals surface area contributed by atoms with Crippen molar-refractivity contribution < 1.29 is 9.57 Å². The van der Waals surface area contributed by atoms with E-state index in [0.29, 0.717) is 6.61 Å². The Kier molecular flexibility index (Phi) is 5.77. The third kappa shape index (κ3) is 3.84. The van der Waals surface area contributed by atoms with E-state index in [4.69, 9.17) is 9.57 Å². The molecule has 0 aliphatic rings. The van der Waals surface area contributed by atoms with Crippen LogP contribution in [0.15, 0.2) is 42.1 Å². The van der Waals surface area contributed by atoms with Crippen molar-refractivity contribution in [1.29, 1.82) is 0 Å². The van der Waals surface area contributed by atoms with Crippen LogP contribution >= 0.6 is 0 Å². The van der Waals surface area contributed by atoms with E-state index < -0.39 is 0 Å². The van der Waals surface area contributed by atoms with Crippen LogP contribution in [0.25, 0.3) is 0 Å². The van der Waals surface area contributed by atoms with Crippen LogP contribution in [0.4, 0.5) is 0 Å². The number of oxime groups is 1. The van der Waals surface area contributed by atoms with Gasteiger partial charge >= 0.3 is 0 Å². The fourth-order valence-electron chi connectivity index (χ4n) is 1.63. The lowest BCUT2D eigenvalue weighted by atomic mass is 9.91. The minimum absolute atomic E-state index is 0.254. The van der Waals surface area contributed by atoms with Crippen LogP contribution in [0.2, 0.25) is 0 Å². The van der Waals surface area contributed by atoms with E-state index in [2.05, 4.69) is 30.5 Å². The molecule has 0 aliphatic heterocycles. The maximum absolute atomic E-state index is 5.30. The zero-order valence-electron chi connectivity index (χ0n) is 13.0. The summed E-state index contributed by atoms with van der Waals surface area (Å²) in [6.07, 6.45) is 1.68. The lowest BCUT2D eigenvalue weighted by Gasteiger charge is -2.33. The van der Waals surface area contributed by atoms with Gasteiger partial charge in [0.2, 0.25) is 0 Å². The summed E-state index contributed by atoms with van der Waals surface area (Å²) in [7, 11) is 5.69. The first-order valence-electron chi connectivity index (χ1n) is 6.56. The number of hydrogen-bond acceptors (Lipinski definition) is 4. The van der Waals surface area contributed by atoms with Gasteiger partial charge in [0.1, 0.15) is 18.1 Å². The summed E-state index contributed by atoms with van der Waals surface area (Å²) in [4.78, 5) is 7.41. The van der Waals surface area contributed by atoms with E-state index in [-0.39, 0.29) is 5.54 Å². The van der Waals surface area contributed by atoms with Crippen molar-refractivity contribution in [3.05, 3.63) is 42.5 Å². The highest BCUT2D eigenvalue weighted by Crippen LogP contribution is 2.21. The smallest absolute Gasteiger partial charge is 0.135 e. The van der Waals surface area contributed by atoms with Gasteiger partial charge in [-0.3, -0.25) is 4.90 Å². The Morgan fingerprint density at radius 2 is 1.90 bits per heavy atom. The molecular formula is C16H24N2O2. The molecule has 0 unspecified atom stereocenters. The SMILES string of the molecule is C=CCON=C(c1ccc(OC)cc1)C(C)(C)N(C)C. The molecule has 0 N–H and O–H groups in total. The molecule has 0 amide bonds. The van der Waals surface area contributed by atoms with Crippen molar-refractivity contribution in [2.45, 2.75) is 19.4 Å². The van der Waals surface area contributed by atoms with Crippen LogP contribution in [0.1, 0.15) is 19.4 Å². The molecule has 0 saturated carbocycles. The normalized spacial score (nSPS) is 12.4. The third-order valence-electron chi connectivity index (χ3n) is 3.41. The summed E-state index contributed by atoms with van der Waals surface area (Å²) in [5, 5.41) is 4.30. The van der Waals surface area contributed by atoms with E-state index in [0.717, 1.165) is 17.0 Å². The number of nitrogens with zero attached hydrogens (tertiary/aromatic N) is 2. The Morgan fingerprint density at radius 1 is 1.30 bits per heavy atom. The van der Waals surface area contributed by atoms with E-state index in [1.54, 1.807) is 13.2 Å². The highest BCUT2D eigenvalue weighted by Gasteiger charge is 2.29. The average molecular weight is 276 g/mol. The van der Waals surface area contributed by atoms with Crippen molar-refractivity contribution >= 4 is 5.71 Å². The Morgan fingerprint density at radius 3 is 2.35 bits per heavy atom. The van der Waals surface area contributed by atoms with E-state index >= 15 is 0 Å². The number of rotatable bonds is 7. The lowest BCUT2D eigenvalue weighted by molar-refractivity contribution is 0.166. The monoisotopic (exact) mass is 276 g/mol. The molecule has 1 rings (SSSR count). The molecule has 0 saturated heterocycles. The molecule has 0 spiro atoms. The molecule has 1 aromatic rings. The van der Waals surface area contributed by atoms with Gasteiger partial charge in [-0.25, -0.2) is 0 Å². The molecule has 0 bridgehead atoms. The summed E-state index contributed by atoms with van der Waals surface area (Å²) < 4.78 is 5.19. The van der Waals surface area contributed by atoms with Crippen LogP contribution in [0.5, 0.6) is 5.75 Å². The van der Waals surface area contributed by atoms with Crippen molar-refractivity contribution in [3.63, 3.8) is 0 Å². The molecule has 20 heavy (non-hydrogen) atoms. The number of methoxy groups -OCH3 is 1. The largest absolute Gasteiger partial charge is 0.497 e. The van der Waals surface area contributed by atoms with Gasteiger partial charge in [-0.15, -0.1) is 0 Å². The number of benzene rings is 1. The van der Waals surface area contributed by atoms with Gasteiger partial charge in [0.05, 0.1) is 12.6 Å². The van der Waals surface area contributed by atoms with Gasteiger partial charge in [0.25, 0.3) is 0 Å². The molecule has 0 heterocycles. The fourth-order valence-corrected chi connectivity index (χ4v) is 1.63. The standard InChI is InChI=1S/C16H24N2O2/c1-7-12-20-17-15(16(2,3)18(4)5)13-8-10-14(19-6)11-9-13/h7-11H,1,12H2,2-6H3. The van der Waals surface area contributed by atoms with Gasteiger partial charge in [-0.1, -0.05) is 17.8 Å². The molecule has 0 radical (unpaired) electrons. The molecule has 4 nitrogen and oxygen atoms in total. The molecule has 4 heteroatoms. The highest BCUT2D eigenvalue weighted by atomic mass is 16.6. The summed E-state index contributed by atoms with van der Waals surface area (Å²) in [5.41, 5.74) is 1.62. The number of likely N-dealkylation sites (N-methyl/N-ethyl adjacent to an activating group) is 1. The predicted octanol–water partition coefficient (Wildman–Crippen LogP) is 2.94. The Hall–Kier alpha value is -1.81. The average Bonchev–Trinajstić information content (AvgIpc) is 2.43. The Balaban J connectivity index is 3.15. The summed E-state index contributed by atoms with van der Waals surface area (Å²) >= 11 is 0. The highest BCUT2D eigenvalue weighted by molar-refractivity contribution is 6.06. The summed E-state index contributed by atoms with van der Waals surface area (Å²) in [6, 6.07) is 7.81. The van der Waals surface area contributed by atoms with Crippen LogP contribution in [0, 0.1) is 0 Å². The first-order valence-corrected chi connectivity index (χ1v) is 6.56. The van der Waals surface area contributed by atoms with Gasteiger partial charge in [0, 0.05) is 5.56 Å². The van der Waals surface area contributed by atoms with Crippen molar-refractivity contribution in [3.8, 4) is 5.75 Å². The minimum Gasteiger partial charge on any atom is -0.497 e. The van der Waals surface area contributed by atoms with Crippen molar-refractivity contribution in [2.75, 3.05) is 27.8 Å². The maximum Gasteiger partial charge on any atom is 0.135 e. The van der Waals surface area contributed by atoms with E-state index in [1.807, 2.05) is 38.4 Å². The zero-order valence-corrected chi connectivity index (χ0v) is 13.0. The van der Waals surface area contributed by atoms with Gasteiger partial charge in [0.15, 0.2) is 0 Å². The molecular weight excluding hydrogens is 252 g/mol. The second-order valence-electron chi connectivity index (χ2n) is 5.21. The topological polar surface area (TPSA) is 34.1 Å². The first kappa shape index (κ1) is 16.2. The maximum atomic E-state index is 5.30. The minimum atomic E-state index is -0.254. The Bertz CT molecular complexity index is 462. The fraction of sp³-hybridized carbons (Fsp3) is 0.438. The summed E-state index contributed by atoms with van der Waals surface area (Å²) in [5.74, 6) is 0.822. The van der Waals surface area contributed by atoms with Gasteiger partial charge in [-0.2, -0.15) is 0 Å². The molecule has 0 aliphatic carbocycles. The van der Waals surface area contributed by atoms with Crippen molar-refractivity contribution in [1.82, 2.24) is 4.90 Å². The second-order valence-corrected chi connectivity index (χ2v) is 5.21. The van der Waals surface area contributed by atoms with E-state index in [9.17, 15) is 0 Å². The zero-order chi connectivity index (χ0) is 15.2. The number of hydrogen-bond donors (Lipinski definition) is 0. The van der Waals surface area contributed by atoms with Crippen LogP contribution in [0.3, 0.4) is 0 Å². The molecule has 1 aromatic carbocycles. The van der Waals surface area contributed by atoms with Crippen LogP contribution in [-0.4, -0.2) is 44.0 Å². The second kappa shape index (κ2) is 7.10. The molecule has 0 atom stereocenters.